The topological polar surface area (TPSA) is 73.5 Å². The number of nitrogens with zero attached hydrogens (tertiary/aromatic N) is 3. The molecule has 1 heterocycles. The van der Waals surface area contributed by atoms with Crippen LogP contribution in [0.25, 0.3) is 0 Å². The van der Waals surface area contributed by atoms with Gasteiger partial charge in [0.25, 0.3) is 0 Å². The Hall–Kier alpha value is -0.950. The van der Waals surface area contributed by atoms with Crippen LogP contribution >= 0.6 is 0 Å². The zero-order valence-corrected chi connectivity index (χ0v) is 11.4. The molecule has 104 valence electrons. The molecule has 0 saturated heterocycles. The fraction of sp³-hybridized carbons (Fsp3) is 0.750. The lowest BCUT2D eigenvalue weighted by Gasteiger charge is -2.27. The molecule has 0 fully saturated rings. The number of aliphatic hydroxyl groups is 2. The molecule has 18 heavy (non-hydrogen) atoms. The second kappa shape index (κ2) is 6.84. The van der Waals surface area contributed by atoms with E-state index in [9.17, 15) is 5.11 Å². The maximum absolute atomic E-state index is 10.1. The molecule has 3 N–H and O–H groups in total. The molecule has 1 rings (SSSR count). The highest BCUT2D eigenvalue weighted by atomic mass is 16.3. The summed E-state index contributed by atoms with van der Waals surface area (Å²) in [7, 11) is 3.88. The monoisotopic (exact) mass is 256 g/mol. The highest BCUT2D eigenvalue weighted by molar-refractivity contribution is 5.03. The van der Waals surface area contributed by atoms with Crippen molar-refractivity contribution in [3.63, 3.8) is 0 Å². The van der Waals surface area contributed by atoms with Crippen LogP contribution in [0.1, 0.15) is 12.5 Å². The molecule has 0 aliphatic rings. The van der Waals surface area contributed by atoms with Crippen molar-refractivity contribution in [2.75, 3.05) is 33.8 Å². The van der Waals surface area contributed by atoms with Gasteiger partial charge in [0.15, 0.2) is 0 Å². The van der Waals surface area contributed by atoms with E-state index in [4.69, 9.17) is 5.11 Å². The van der Waals surface area contributed by atoms with Crippen molar-refractivity contribution in [1.82, 2.24) is 20.0 Å². The van der Waals surface area contributed by atoms with Gasteiger partial charge in [0.05, 0.1) is 24.9 Å². The van der Waals surface area contributed by atoms with Crippen LogP contribution < -0.4 is 5.32 Å². The van der Waals surface area contributed by atoms with Crippen LogP contribution in [0.2, 0.25) is 0 Å². The lowest BCUT2D eigenvalue weighted by atomic mass is 10.1. The largest absolute Gasteiger partial charge is 0.394 e. The van der Waals surface area contributed by atoms with E-state index in [1.54, 1.807) is 10.9 Å². The second-order valence-electron chi connectivity index (χ2n) is 5.17. The first-order valence-corrected chi connectivity index (χ1v) is 6.13. The summed E-state index contributed by atoms with van der Waals surface area (Å²) in [5.41, 5.74) is 0.300. The molecule has 6 nitrogen and oxygen atoms in total. The fourth-order valence-corrected chi connectivity index (χ4v) is 1.94. The molecule has 0 spiro atoms. The van der Waals surface area contributed by atoms with E-state index in [2.05, 4.69) is 10.4 Å². The quantitative estimate of drug-likeness (QED) is 0.572. The number of nitrogens with one attached hydrogen (secondary N) is 1. The molecular formula is C12H24N4O2. The fourth-order valence-electron chi connectivity index (χ4n) is 1.94. The third-order valence-electron chi connectivity index (χ3n) is 2.51. The molecule has 0 amide bonds. The van der Waals surface area contributed by atoms with Gasteiger partial charge in [-0.05, 0) is 21.0 Å². The summed E-state index contributed by atoms with van der Waals surface area (Å²) in [6, 6.07) is 0. The normalized spacial score (nSPS) is 15.0. The SMILES string of the molecule is CN(C)CC(C)(O)CNCc1cnn(CCO)c1. The van der Waals surface area contributed by atoms with Crippen LogP contribution in [-0.2, 0) is 13.1 Å². The number of hydrogen-bond acceptors (Lipinski definition) is 5. The van der Waals surface area contributed by atoms with Crippen LogP contribution in [0.3, 0.4) is 0 Å². The minimum atomic E-state index is -0.745. The molecule has 0 aromatic carbocycles. The number of aliphatic hydroxyl groups excluding tert-OH is 1. The first-order chi connectivity index (χ1) is 8.43. The number of aromatic nitrogens is 2. The van der Waals surface area contributed by atoms with Gasteiger partial charge >= 0.3 is 0 Å². The Bertz CT molecular complexity index is 350. The summed E-state index contributed by atoms with van der Waals surface area (Å²) < 4.78 is 1.70. The smallest absolute Gasteiger partial charge is 0.0869 e. The Morgan fingerprint density at radius 1 is 1.50 bits per heavy atom. The molecule has 0 saturated carbocycles. The van der Waals surface area contributed by atoms with Gasteiger partial charge < -0.3 is 20.4 Å². The van der Waals surface area contributed by atoms with Gasteiger partial charge in [-0.1, -0.05) is 0 Å². The maximum Gasteiger partial charge on any atom is 0.0869 e. The predicted octanol–water partition coefficient (Wildman–Crippen LogP) is -0.722. The second-order valence-corrected chi connectivity index (χ2v) is 5.17. The minimum Gasteiger partial charge on any atom is -0.394 e. The van der Waals surface area contributed by atoms with E-state index in [0.29, 0.717) is 26.2 Å². The summed E-state index contributed by atoms with van der Waals surface area (Å²) >= 11 is 0. The Morgan fingerprint density at radius 3 is 2.83 bits per heavy atom. The van der Waals surface area contributed by atoms with E-state index in [-0.39, 0.29) is 6.61 Å². The van der Waals surface area contributed by atoms with Crippen molar-refractivity contribution in [3.8, 4) is 0 Å². The van der Waals surface area contributed by atoms with Gasteiger partial charge in [-0.15, -0.1) is 0 Å². The Morgan fingerprint density at radius 2 is 2.22 bits per heavy atom. The van der Waals surface area contributed by atoms with Gasteiger partial charge in [0.1, 0.15) is 0 Å². The molecule has 1 unspecified atom stereocenters. The van der Waals surface area contributed by atoms with Gasteiger partial charge in [-0.3, -0.25) is 4.68 Å². The third kappa shape index (κ3) is 5.59. The van der Waals surface area contributed by atoms with Crippen LogP contribution in [0.4, 0.5) is 0 Å². The zero-order valence-electron chi connectivity index (χ0n) is 11.4. The summed E-state index contributed by atoms with van der Waals surface area (Å²) in [4.78, 5) is 1.96. The van der Waals surface area contributed by atoms with E-state index in [1.165, 1.54) is 0 Å². The molecule has 0 bridgehead atoms. The predicted molar refractivity (Wildman–Crippen MR) is 70.2 cm³/mol. The molecule has 0 radical (unpaired) electrons. The Balaban J connectivity index is 2.32. The van der Waals surface area contributed by atoms with Crippen molar-refractivity contribution in [1.29, 1.82) is 0 Å². The standard InChI is InChI=1S/C12H24N4O2/c1-12(18,10-15(2)3)9-13-6-11-7-14-16(8-11)4-5-17/h7-8,13,17-18H,4-6,9-10H2,1-3H3. The summed E-state index contributed by atoms with van der Waals surface area (Å²) in [6.45, 7) is 4.22. The van der Waals surface area contributed by atoms with Gasteiger partial charge in [-0.25, -0.2) is 0 Å². The Kier molecular flexibility index (Phi) is 5.74. The molecule has 1 aromatic rings. The maximum atomic E-state index is 10.1. The lowest BCUT2D eigenvalue weighted by Crippen LogP contribution is -2.45. The van der Waals surface area contributed by atoms with Crippen molar-refractivity contribution in [2.24, 2.45) is 0 Å². The van der Waals surface area contributed by atoms with Gasteiger partial charge in [0, 0.05) is 31.4 Å². The highest BCUT2D eigenvalue weighted by Gasteiger charge is 2.20. The molecule has 0 aliphatic heterocycles. The van der Waals surface area contributed by atoms with Crippen molar-refractivity contribution >= 4 is 0 Å². The first-order valence-electron chi connectivity index (χ1n) is 6.13. The van der Waals surface area contributed by atoms with Crippen LogP contribution in [-0.4, -0.2) is 64.3 Å². The Labute approximate surface area is 108 Å². The molecule has 0 aliphatic carbocycles. The average Bonchev–Trinajstić information content (AvgIpc) is 2.64. The van der Waals surface area contributed by atoms with Crippen LogP contribution in [0.5, 0.6) is 0 Å². The van der Waals surface area contributed by atoms with E-state index in [1.807, 2.05) is 32.1 Å². The molecular weight excluding hydrogens is 232 g/mol. The number of likely N-dealkylation sites (N-methyl/N-ethyl adjacent to an activating group) is 1. The zero-order chi connectivity index (χ0) is 13.6. The van der Waals surface area contributed by atoms with Crippen molar-refractivity contribution in [2.45, 2.75) is 25.6 Å². The number of hydrogen-bond donors (Lipinski definition) is 3. The molecule has 6 heteroatoms. The molecule has 1 atom stereocenters. The van der Waals surface area contributed by atoms with Crippen molar-refractivity contribution < 1.29 is 10.2 Å². The summed E-state index contributed by atoms with van der Waals surface area (Å²) in [5, 5.41) is 26.2. The van der Waals surface area contributed by atoms with Gasteiger partial charge in [0.2, 0.25) is 0 Å². The van der Waals surface area contributed by atoms with E-state index < -0.39 is 5.60 Å². The molecule has 1 aromatic heterocycles. The van der Waals surface area contributed by atoms with Crippen LogP contribution in [0.15, 0.2) is 12.4 Å². The lowest BCUT2D eigenvalue weighted by molar-refractivity contribution is 0.0336. The van der Waals surface area contributed by atoms with Gasteiger partial charge in [-0.2, -0.15) is 5.10 Å². The first kappa shape index (κ1) is 15.1. The number of rotatable bonds is 8. The van der Waals surface area contributed by atoms with E-state index >= 15 is 0 Å². The average molecular weight is 256 g/mol. The minimum absolute atomic E-state index is 0.0894. The van der Waals surface area contributed by atoms with Crippen molar-refractivity contribution in [3.05, 3.63) is 18.0 Å². The van der Waals surface area contributed by atoms with Crippen LogP contribution in [0, 0.1) is 0 Å². The van der Waals surface area contributed by atoms with E-state index in [0.717, 1.165) is 5.56 Å². The highest BCUT2D eigenvalue weighted by Crippen LogP contribution is 2.04. The third-order valence-corrected chi connectivity index (χ3v) is 2.51. The summed E-state index contributed by atoms with van der Waals surface area (Å²) in [5.74, 6) is 0. The summed E-state index contributed by atoms with van der Waals surface area (Å²) in [6.07, 6.45) is 3.66.